The van der Waals surface area contributed by atoms with E-state index >= 15 is 0 Å². The molecule has 0 N–H and O–H groups in total. The number of amides is 1. The summed E-state index contributed by atoms with van der Waals surface area (Å²) in [5, 5.41) is 0. The van der Waals surface area contributed by atoms with E-state index in [2.05, 4.69) is 36.7 Å². The number of nitrogens with zero attached hydrogens (tertiary/aromatic N) is 3. The molecular weight excluding hydrogens is 338 g/mol. The number of pyridine rings is 1. The maximum absolute atomic E-state index is 12.7. The van der Waals surface area contributed by atoms with Gasteiger partial charge in [0.15, 0.2) is 0 Å². The lowest BCUT2D eigenvalue weighted by Crippen LogP contribution is -2.39. The largest absolute Gasteiger partial charge is 0.443 e. The van der Waals surface area contributed by atoms with Crippen LogP contribution in [0.4, 0.5) is 10.6 Å². The Balaban J connectivity index is 2.15. The molecule has 1 amide bonds. The first-order valence-electron chi connectivity index (χ1n) is 10.4. The van der Waals surface area contributed by atoms with Gasteiger partial charge in [-0.3, -0.25) is 9.80 Å². The average molecular weight is 376 g/mol. The Labute approximate surface area is 165 Å². The van der Waals surface area contributed by atoms with E-state index < -0.39 is 5.60 Å². The van der Waals surface area contributed by atoms with Crippen LogP contribution in [-0.4, -0.2) is 41.2 Å². The van der Waals surface area contributed by atoms with Crippen molar-refractivity contribution < 1.29 is 9.53 Å². The minimum atomic E-state index is -0.518. The molecule has 0 aliphatic carbocycles. The highest BCUT2D eigenvalue weighted by Crippen LogP contribution is 2.32. The number of likely N-dealkylation sites (tertiary alicyclic amines) is 1. The fraction of sp³-hybridized carbons (Fsp3) is 0.727. The summed E-state index contributed by atoms with van der Waals surface area (Å²) in [6.07, 6.45) is 6.51. The molecule has 0 unspecified atom stereocenters. The van der Waals surface area contributed by atoms with Gasteiger partial charge < -0.3 is 4.74 Å². The number of carbonyl (C=O) groups is 1. The number of anilines is 1. The molecule has 2 heterocycles. The zero-order chi connectivity index (χ0) is 20.0. The summed E-state index contributed by atoms with van der Waals surface area (Å²) in [4.78, 5) is 21.5. The molecule has 5 nitrogen and oxygen atoms in total. The second-order valence-electron chi connectivity index (χ2n) is 8.98. The molecule has 27 heavy (non-hydrogen) atoms. The van der Waals surface area contributed by atoms with E-state index in [9.17, 15) is 4.79 Å². The van der Waals surface area contributed by atoms with E-state index in [0.29, 0.717) is 24.3 Å². The zero-order valence-electron chi connectivity index (χ0n) is 18.0. The van der Waals surface area contributed by atoms with E-state index in [-0.39, 0.29) is 6.09 Å². The van der Waals surface area contributed by atoms with E-state index in [4.69, 9.17) is 4.74 Å². The molecule has 1 aliphatic heterocycles. The molecule has 152 valence electrons. The summed E-state index contributed by atoms with van der Waals surface area (Å²) in [7, 11) is 0. The molecule has 1 fully saturated rings. The Morgan fingerprint density at radius 1 is 1.37 bits per heavy atom. The second kappa shape index (κ2) is 9.54. The van der Waals surface area contributed by atoms with Crippen molar-refractivity contribution in [1.29, 1.82) is 0 Å². The van der Waals surface area contributed by atoms with Crippen LogP contribution in [0.25, 0.3) is 0 Å². The lowest BCUT2D eigenvalue weighted by molar-refractivity contribution is 0.0575. The van der Waals surface area contributed by atoms with Crippen molar-refractivity contribution in [2.75, 3.05) is 24.5 Å². The molecule has 0 saturated carbocycles. The van der Waals surface area contributed by atoms with E-state index in [1.807, 2.05) is 33.0 Å². The third kappa shape index (κ3) is 6.49. The van der Waals surface area contributed by atoms with Crippen molar-refractivity contribution in [2.24, 2.45) is 5.92 Å². The molecule has 1 aromatic heterocycles. The normalized spacial score (nSPS) is 18.1. The van der Waals surface area contributed by atoms with Gasteiger partial charge in [-0.25, -0.2) is 9.78 Å². The van der Waals surface area contributed by atoms with Crippen LogP contribution in [0.1, 0.15) is 78.8 Å². The third-order valence-electron chi connectivity index (χ3n) is 4.76. The van der Waals surface area contributed by atoms with Gasteiger partial charge >= 0.3 is 6.09 Å². The fourth-order valence-electron chi connectivity index (χ4n) is 3.53. The molecule has 1 saturated heterocycles. The molecule has 0 radical (unpaired) electrons. The van der Waals surface area contributed by atoms with Crippen molar-refractivity contribution in [3.63, 3.8) is 0 Å². The first-order valence-corrected chi connectivity index (χ1v) is 10.4. The lowest BCUT2D eigenvalue weighted by Gasteiger charge is -2.28. The average Bonchev–Trinajstić information content (AvgIpc) is 3.04. The molecular formula is C22H37N3O2. The highest BCUT2D eigenvalue weighted by atomic mass is 16.6. The van der Waals surface area contributed by atoms with Crippen molar-refractivity contribution in [2.45, 2.75) is 78.9 Å². The van der Waals surface area contributed by atoms with Gasteiger partial charge in [0.05, 0.1) is 0 Å². The van der Waals surface area contributed by atoms with Gasteiger partial charge in [-0.05, 0) is 70.7 Å². The zero-order valence-corrected chi connectivity index (χ0v) is 18.0. The molecule has 5 heteroatoms. The van der Waals surface area contributed by atoms with Gasteiger partial charge in [0, 0.05) is 18.8 Å². The summed E-state index contributed by atoms with van der Waals surface area (Å²) in [6.45, 7) is 15.0. The number of unbranched alkanes of at least 4 members (excludes halogenated alkanes) is 1. The highest BCUT2D eigenvalue weighted by Gasteiger charge is 2.27. The number of aromatic nitrogens is 1. The van der Waals surface area contributed by atoms with Crippen LogP contribution < -0.4 is 4.90 Å². The van der Waals surface area contributed by atoms with Gasteiger partial charge in [-0.15, -0.1) is 0 Å². The molecule has 0 bridgehead atoms. The van der Waals surface area contributed by atoms with Crippen molar-refractivity contribution >= 4 is 11.9 Å². The standard InChI is InChI=1S/C22H37N3O2/c1-7-8-13-24-14-9-10-19(24)18-11-12-20(23-15-18)25(16-17(2)3)21(26)27-22(4,5)6/h11-12,15,17,19H,7-10,13-14,16H2,1-6H3/t19-/m1/s1. The summed E-state index contributed by atoms with van der Waals surface area (Å²) in [5.74, 6) is 0.998. The van der Waals surface area contributed by atoms with Gasteiger partial charge in [-0.2, -0.15) is 0 Å². The van der Waals surface area contributed by atoms with E-state index in [0.717, 1.165) is 6.54 Å². The summed E-state index contributed by atoms with van der Waals surface area (Å²) >= 11 is 0. The number of rotatable bonds is 7. The Morgan fingerprint density at radius 3 is 2.67 bits per heavy atom. The van der Waals surface area contributed by atoms with Gasteiger partial charge in [0.25, 0.3) is 0 Å². The van der Waals surface area contributed by atoms with Gasteiger partial charge in [0.1, 0.15) is 11.4 Å². The third-order valence-corrected chi connectivity index (χ3v) is 4.76. The van der Waals surface area contributed by atoms with Crippen LogP contribution in [0.3, 0.4) is 0 Å². The summed E-state index contributed by atoms with van der Waals surface area (Å²) in [6, 6.07) is 4.56. The minimum Gasteiger partial charge on any atom is -0.443 e. The Morgan fingerprint density at radius 2 is 2.11 bits per heavy atom. The van der Waals surface area contributed by atoms with E-state index in [1.54, 1.807) is 4.90 Å². The maximum Gasteiger partial charge on any atom is 0.416 e. The van der Waals surface area contributed by atoms with Gasteiger partial charge in [-0.1, -0.05) is 33.3 Å². The molecule has 0 aromatic carbocycles. The maximum atomic E-state index is 12.7. The molecule has 1 aliphatic rings. The Hall–Kier alpha value is -1.62. The van der Waals surface area contributed by atoms with Crippen LogP contribution in [0, 0.1) is 5.92 Å². The lowest BCUT2D eigenvalue weighted by atomic mass is 10.1. The molecule has 1 atom stereocenters. The minimum absolute atomic E-state index is 0.332. The first-order chi connectivity index (χ1) is 12.7. The highest BCUT2D eigenvalue weighted by molar-refractivity contribution is 5.86. The predicted octanol–water partition coefficient (Wildman–Crippen LogP) is 5.42. The number of hydrogen-bond acceptors (Lipinski definition) is 4. The fourth-order valence-corrected chi connectivity index (χ4v) is 3.53. The van der Waals surface area contributed by atoms with Gasteiger partial charge in [0.2, 0.25) is 0 Å². The predicted molar refractivity (Wildman–Crippen MR) is 111 cm³/mol. The van der Waals surface area contributed by atoms with Crippen molar-refractivity contribution in [3.05, 3.63) is 23.9 Å². The number of hydrogen-bond donors (Lipinski definition) is 0. The second-order valence-corrected chi connectivity index (χ2v) is 8.98. The van der Waals surface area contributed by atoms with Crippen molar-refractivity contribution in [3.8, 4) is 0 Å². The Kier molecular flexibility index (Phi) is 7.66. The monoisotopic (exact) mass is 375 g/mol. The van der Waals surface area contributed by atoms with Crippen molar-refractivity contribution in [1.82, 2.24) is 9.88 Å². The van der Waals surface area contributed by atoms with Crippen LogP contribution in [0.5, 0.6) is 0 Å². The molecule has 2 rings (SSSR count). The smallest absolute Gasteiger partial charge is 0.416 e. The topological polar surface area (TPSA) is 45.7 Å². The SMILES string of the molecule is CCCCN1CCC[C@@H]1c1ccc(N(CC(C)C)C(=O)OC(C)(C)C)nc1. The summed E-state index contributed by atoms with van der Waals surface area (Å²) in [5.41, 5.74) is 0.733. The Bertz CT molecular complexity index is 593. The summed E-state index contributed by atoms with van der Waals surface area (Å²) < 4.78 is 5.59. The van der Waals surface area contributed by atoms with Crippen LogP contribution in [0.15, 0.2) is 18.3 Å². The van der Waals surface area contributed by atoms with Crippen LogP contribution >= 0.6 is 0 Å². The van der Waals surface area contributed by atoms with E-state index in [1.165, 1.54) is 37.8 Å². The number of carbonyl (C=O) groups excluding carboxylic acids is 1. The quantitative estimate of drug-likeness (QED) is 0.639. The van der Waals surface area contributed by atoms with Crippen LogP contribution in [-0.2, 0) is 4.74 Å². The molecule has 0 spiro atoms. The first kappa shape index (κ1) is 21.7. The number of ether oxygens (including phenoxy) is 1. The van der Waals surface area contributed by atoms with Crippen LogP contribution in [0.2, 0.25) is 0 Å². The molecule has 1 aromatic rings.